The van der Waals surface area contributed by atoms with Crippen LogP contribution in [0.5, 0.6) is 5.75 Å². The molecule has 0 spiro atoms. The van der Waals surface area contributed by atoms with E-state index in [1.807, 2.05) is 0 Å². The molecule has 1 aromatic heterocycles. The number of carbonyl (C=O) groups is 2. The van der Waals surface area contributed by atoms with Gasteiger partial charge in [0.05, 0.1) is 5.69 Å². The van der Waals surface area contributed by atoms with Gasteiger partial charge < -0.3 is 10.0 Å². The lowest BCUT2D eigenvalue weighted by atomic mass is 9.84. The van der Waals surface area contributed by atoms with Crippen LogP contribution in [0.25, 0.3) is 0 Å². The van der Waals surface area contributed by atoms with Crippen molar-refractivity contribution in [1.82, 2.24) is 9.88 Å². The normalized spacial score (nSPS) is 16.8. The second-order valence-corrected chi connectivity index (χ2v) is 7.15. The Morgan fingerprint density at radius 1 is 1.21 bits per heavy atom. The number of carbonyl (C=O) groups excluding carboxylic acids is 2. The number of phenols is 1. The van der Waals surface area contributed by atoms with E-state index in [1.54, 1.807) is 30.3 Å². The number of alkyl halides is 2. The number of halogens is 2. The molecule has 1 aliphatic carbocycles. The number of pyridine rings is 1. The first-order valence-electron chi connectivity index (χ1n) is 9.15. The lowest BCUT2D eigenvalue weighted by Crippen LogP contribution is -2.55. The van der Waals surface area contributed by atoms with Gasteiger partial charge in [-0.2, -0.15) is 0 Å². The number of nitrogens with zero attached hydrogens (tertiary/aromatic N) is 2. The fraction of sp³-hybridized carbons (Fsp3) is 0.381. The maximum atomic E-state index is 13.5. The Morgan fingerprint density at radius 2 is 1.89 bits per heavy atom. The minimum absolute atomic E-state index is 0.0729. The quantitative estimate of drug-likeness (QED) is 0.786. The fourth-order valence-corrected chi connectivity index (χ4v) is 3.51. The van der Waals surface area contributed by atoms with E-state index in [4.69, 9.17) is 0 Å². The molecule has 1 unspecified atom stereocenters. The van der Waals surface area contributed by atoms with Gasteiger partial charge in [0.25, 0.3) is 5.92 Å². The zero-order valence-corrected chi connectivity index (χ0v) is 15.5. The number of hydrogen-bond donors (Lipinski definition) is 1. The Hall–Kier alpha value is -2.83. The second kappa shape index (κ2) is 8.04. The van der Waals surface area contributed by atoms with Crippen molar-refractivity contribution in [3.63, 3.8) is 0 Å². The largest absolute Gasteiger partial charge is 0.508 e. The van der Waals surface area contributed by atoms with E-state index in [-0.39, 0.29) is 23.9 Å². The molecule has 1 saturated carbocycles. The third kappa shape index (κ3) is 4.52. The molecule has 1 amide bonds. The molecule has 7 heteroatoms. The summed E-state index contributed by atoms with van der Waals surface area (Å²) in [5.41, 5.74) is 1.21. The predicted octanol–water partition coefficient (Wildman–Crippen LogP) is 3.68. The van der Waals surface area contributed by atoms with Gasteiger partial charge in [-0.3, -0.25) is 14.6 Å². The van der Waals surface area contributed by atoms with Crippen molar-refractivity contribution in [2.75, 3.05) is 0 Å². The molecular weight excluding hydrogens is 366 g/mol. The lowest BCUT2D eigenvalue weighted by molar-refractivity contribution is -0.163. The third-order valence-corrected chi connectivity index (χ3v) is 4.94. The molecular formula is C21H22F2N2O3. The molecule has 0 bridgehead atoms. The highest BCUT2D eigenvalue weighted by atomic mass is 19.3. The number of ketones is 1. The van der Waals surface area contributed by atoms with Crippen LogP contribution in [0.4, 0.5) is 8.78 Å². The highest BCUT2D eigenvalue weighted by molar-refractivity contribution is 5.88. The lowest BCUT2D eigenvalue weighted by Gasteiger charge is -2.45. The Labute approximate surface area is 162 Å². The van der Waals surface area contributed by atoms with Crippen LogP contribution in [0.1, 0.15) is 43.5 Å². The minimum atomic E-state index is -2.81. The number of aromatic hydroxyl groups is 1. The smallest absolute Gasteiger partial charge is 0.252 e. The minimum Gasteiger partial charge on any atom is -0.508 e. The van der Waals surface area contributed by atoms with Crippen LogP contribution in [-0.4, -0.2) is 38.6 Å². The van der Waals surface area contributed by atoms with E-state index in [9.17, 15) is 23.5 Å². The SMILES string of the molecule is CC(=O)C(c1ccccn1)N(C(=O)CCc1ccc(O)cc1)C1CC(F)(F)C1. The molecule has 1 N–H and O–H groups in total. The topological polar surface area (TPSA) is 70.5 Å². The van der Waals surface area contributed by atoms with Crippen molar-refractivity contribution in [3.8, 4) is 5.75 Å². The molecule has 2 aromatic rings. The molecule has 3 rings (SSSR count). The fourth-order valence-electron chi connectivity index (χ4n) is 3.51. The Kier molecular flexibility index (Phi) is 5.72. The monoisotopic (exact) mass is 388 g/mol. The maximum absolute atomic E-state index is 13.5. The molecule has 1 atom stereocenters. The summed E-state index contributed by atoms with van der Waals surface area (Å²) in [6.07, 6.45) is 1.07. The van der Waals surface area contributed by atoms with Crippen LogP contribution in [0, 0.1) is 0 Å². The van der Waals surface area contributed by atoms with E-state index >= 15 is 0 Å². The molecule has 0 aliphatic heterocycles. The van der Waals surface area contributed by atoms with Crippen molar-refractivity contribution >= 4 is 11.7 Å². The summed E-state index contributed by atoms with van der Waals surface area (Å²) in [7, 11) is 0. The first-order chi connectivity index (χ1) is 13.3. The first-order valence-corrected chi connectivity index (χ1v) is 9.15. The third-order valence-electron chi connectivity index (χ3n) is 4.94. The first kappa shape index (κ1) is 19.9. The number of aryl methyl sites for hydroxylation is 1. The van der Waals surface area contributed by atoms with Gasteiger partial charge in [-0.25, -0.2) is 8.78 Å². The van der Waals surface area contributed by atoms with Crippen molar-refractivity contribution in [2.24, 2.45) is 0 Å². The van der Waals surface area contributed by atoms with Crippen LogP contribution in [0.2, 0.25) is 0 Å². The van der Waals surface area contributed by atoms with Gasteiger partial charge in [0.15, 0.2) is 5.78 Å². The summed E-state index contributed by atoms with van der Waals surface area (Å²) in [5.74, 6) is -3.36. The van der Waals surface area contributed by atoms with Crippen molar-refractivity contribution < 1.29 is 23.5 Å². The highest BCUT2D eigenvalue weighted by Gasteiger charge is 2.51. The summed E-state index contributed by atoms with van der Waals surface area (Å²) >= 11 is 0. The second-order valence-electron chi connectivity index (χ2n) is 7.15. The van der Waals surface area contributed by atoms with Crippen molar-refractivity contribution in [2.45, 2.75) is 50.6 Å². The van der Waals surface area contributed by atoms with Gasteiger partial charge in [0, 0.05) is 31.5 Å². The summed E-state index contributed by atoms with van der Waals surface area (Å²) in [6.45, 7) is 1.34. The number of Topliss-reactive ketones (excluding diaryl/α,β-unsaturated/α-hetero) is 1. The number of aromatic nitrogens is 1. The number of hydrogen-bond acceptors (Lipinski definition) is 4. The zero-order valence-electron chi connectivity index (χ0n) is 15.5. The van der Waals surface area contributed by atoms with Gasteiger partial charge in [-0.1, -0.05) is 18.2 Å². The van der Waals surface area contributed by atoms with Crippen molar-refractivity contribution in [3.05, 3.63) is 59.9 Å². The molecule has 1 heterocycles. The standard InChI is InChI=1S/C21H22F2N2O3/c1-14(26)20(18-4-2-3-11-24-18)25(16-12-21(22,23)13-16)19(28)10-7-15-5-8-17(27)9-6-15/h2-6,8-9,11,16,20,27H,7,10,12-13H2,1H3. The van der Waals surface area contributed by atoms with Gasteiger partial charge >= 0.3 is 0 Å². The van der Waals surface area contributed by atoms with Crippen LogP contribution in [0.3, 0.4) is 0 Å². The predicted molar refractivity (Wildman–Crippen MR) is 98.9 cm³/mol. The van der Waals surface area contributed by atoms with Crippen LogP contribution >= 0.6 is 0 Å². The van der Waals surface area contributed by atoms with E-state index < -0.39 is 30.8 Å². The van der Waals surface area contributed by atoms with Crippen molar-refractivity contribution in [1.29, 1.82) is 0 Å². The van der Waals surface area contributed by atoms with Crippen LogP contribution in [0.15, 0.2) is 48.7 Å². The molecule has 1 aromatic carbocycles. The molecule has 1 aliphatic rings. The summed E-state index contributed by atoms with van der Waals surface area (Å²) in [5, 5.41) is 9.35. The number of benzene rings is 1. The average molecular weight is 388 g/mol. The highest BCUT2D eigenvalue weighted by Crippen LogP contribution is 2.43. The Morgan fingerprint density at radius 3 is 2.43 bits per heavy atom. The molecule has 148 valence electrons. The van der Waals surface area contributed by atoms with Gasteiger partial charge in [0.2, 0.25) is 5.91 Å². The molecule has 1 fully saturated rings. The van der Waals surface area contributed by atoms with Gasteiger partial charge in [0.1, 0.15) is 11.8 Å². The maximum Gasteiger partial charge on any atom is 0.252 e. The molecule has 28 heavy (non-hydrogen) atoms. The molecule has 5 nitrogen and oxygen atoms in total. The molecule has 0 saturated heterocycles. The number of rotatable bonds is 7. The molecule has 0 radical (unpaired) electrons. The van der Waals surface area contributed by atoms with Gasteiger partial charge in [-0.15, -0.1) is 0 Å². The average Bonchev–Trinajstić information content (AvgIpc) is 2.63. The van der Waals surface area contributed by atoms with Gasteiger partial charge in [-0.05, 0) is 43.2 Å². The van der Waals surface area contributed by atoms with Crippen LogP contribution in [-0.2, 0) is 16.0 Å². The Balaban J connectivity index is 1.82. The van der Waals surface area contributed by atoms with E-state index in [0.29, 0.717) is 12.1 Å². The zero-order chi connectivity index (χ0) is 20.3. The van der Waals surface area contributed by atoms with E-state index in [0.717, 1.165) is 5.56 Å². The number of phenolic OH excluding ortho intramolecular Hbond substituents is 1. The van der Waals surface area contributed by atoms with E-state index in [2.05, 4.69) is 4.98 Å². The van der Waals surface area contributed by atoms with E-state index in [1.165, 1.54) is 30.2 Å². The summed E-state index contributed by atoms with van der Waals surface area (Å²) in [4.78, 5) is 30.8. The summed E-state index contributed by atoms with van der Waals surface area (Å²) in [6, 6.07) is 9.79. The Bertz CT molecular complexity index is 832. The van der Waals surface area contributed by atoms with Crippen LogP contribution < -0.4 is 0 Å². The number of amides is 1. The summed E-state index contributed by atoms with van der Waals surface area (Å²) < 4.78 is 27.0.